The third-order valence-corrected chi connectivity index (χ3v) is 20.9. The van der Waals surface area contributed by atoms with Gasteiger partial charge in [-0.25, -0.2) is 0 Å². The molecule has 0 bridgehead atoms. The second kappa shape index (κ2) is 90.0. The molecule has 9 nitrogen and oxygen atoms in total. The van der Waals surface area contributed by atoms with Gasteiger partial charge in [0.1, 0.15) is 0 Å². The summed E-state index contributed by atoms with van der Waals surface area (Å²) in [4.78, 5) is 40.1. The minimum atomic E-state index is -0.670. The van der Waals surface area contributed by atoms with Gasteiger partial charge < -0.3 is 25.9 Å². The zero-order valence-electron chi connectivity index (χ0n) is 51.7. The van der Waals surface area contributed by atoms with Crippen molar-refractivity contribution in [2.45, 2.75) is 381 Å². The van der Waals surface area contributed by atoms with Crippen LogP contribution < -0.4 is 0 Å². The predicted octanol–water partition coefficient (Wildman–Crippen LogP) is 21.4. The smallest absolute Gasteiger partial charge is 0.412 e. The van der Waals surface area contributed by atoms with E-state index in [1.807, 2.05) is 0 Å². The van der Waals surface area contributed by atoms with Crippen molar-refractivity contribution in [2.75, 3.05) is 0 Å². The molecule has 0 saturated carbocycles. The second-order valence-electron chi connectivity index (χ2n) is 20.8. The number of carboxylic acids is 4. The van der Waals surface area contributed by atoms with Crippen LogP contribution in [-0.4, -0.2) is 92.1 Å². The third kappa shape index (κ3) is 122. The molecule has 0 aliphatic rings. The molecule has 6 N–H and O–H groups in total. The van der Waals surface area contributed by atoms with Crippen molar-refractivity contribution in [1.82, 2.24) is 0 Å². The van der Waals surface area contributed by atoms with Crippen LogP contribution in [0.1, 0.15) is 364 Å². The Morgan fingerprint density at radius 2 is 0.333 bits per heavy atom. The summed E-state index contributed by atoms with van der Waals surface area (Å²) >= 11 is 0.147. The van der Waals surface area contributed by atoms with Gasteiger partial charge in [-0.1, -0.05) is 130 Å². The minimum Gasteiger partial charge on any atom is -0.412 e. The van der Waals surface area contributed by atoms with E-state index in [9.17, 15) is 19.2 Å². The first kappa shape index (κ1) is 88.3. The van der Waals surface area contributed by atoms with Gasteiger partial charge in [0.05, 0.1) is 0 Å². The Morgan fingerprint density at radius 1 is 0.213 bits per heavy atom. The first-order valence-corrected chi connectivity index (χ1v) is 40.3. The van der Waals surface area contributed by atoms with Crippen LogP contribution in [-0.2, 0) is 19.2 Å². The van der Waals surface area contributed by atoms with Crippen molar-refractivity contribution in [2.24, 2.45) is 0 Å². The molecular weight excluding hydrogens is 1150 g/mol. The first-order valence-electron chi connectivity index (χ1n) is 32.2. The Labute approximate surface area is 489 Å². The van der Waals surface area contributed by atoms with Crippen LogP contribution >= 0.6 is 0 Å². The molecule has 0 spiro atoms. The molecule has 0 aromatic heterocycles. The zero-order valence-corrected chi connectivity index (χ0v) is 57.4. The van der Waals surface area contributed by atoms with Crippen LogP contribution in [0.2, 0.25) is 17.7 Å². The molecule has 0 rings (SSSR count). The fraction of sp³-hybridized carbons (Fsp3) is 0.938. The van der Waals surface area contributed by atoms with E-state index in [1.54, 1.807) is 43.4 Å². The van der Waals surface area contributed by atoms with E-state index in [2.05, 4.69) is 55.4 Å². The molecule has 0 fully saturated rings. The van der Waals surface area contributed by atoms with E-state index >= 15 is 0 Å². The van der Waals surface area contributed by atoms with Crippen LogP contribution in [0.25, 0.3) is 0 Å². The fourth-order valence-corrected chi connectivity index (χ4v) is 15.0. The van der Waals surface area contributed by atoms with Crippen molar-refractivity contribution >= 4 is 66.2 Å². The molecule has 0 atom stereocenters. The topological polar surface area (TPSA) is 181 Å². The van der Waals surface area contributed by atoms with Gasteiger partial charge in [-0.2, -0.15) is 0 Å². The molecule has 0 aromatic rings. The van der Waals surface area contributed by atoms with E-state index in [0.717, 1.165) is 51.4 Å². The van der Waals surface area contributed by atoms with E-state index < -0.39 is 23.9 Å². The summed E-state index contributed by atoms with van der Waals surface area (Å²) in [6, 6.07) is 0. The molecule has 11 heteroatoms. The number of carbonyl (C=O) groups is 4. The molecule has 0 heterocycles. The van der Waals surface area contributed by atoms with Gasteiger partial charge in [0.2, 0.25) is 0 Å². The van der Waals surface area contributed by atoms with Crippen molar-refractivity contribution in [3.8, 4) is 0 Å². The normalized spacial score (nSPS) is 10.1. The molecule has 0 aliphatic carbocycles. The number of rotatable bonds is 52. The molecule has 0 amide bonds. The monoisotopic (exact) mass is 1290 g/mol. The SMILES string of the molecule is CCCCCCCC(=O)O.CCCCCCCC(=O)O.CCCCCCCC(=O)O.CCCCCCCC(=O)O.CCCCCCC[CH2][Sn][CH2]CCCCCCC.CCCCCCC[CH2][Sn][CH2]CCCCCCC.O. The second-order valence-corrected chi connectivity index (χ2v) is 29.4. The number of hydrogen-bond donors (Lipinski definition) is 4. The first-order chi connectivity index (χ1) is 35.9. The summed E-state index contributed by atoms with van der Waals surface area (Å²) < 4.78 is 6.63. The molecule has 4 radical (unpaired) electrons. The van der Waals surface area contributed by atoms with Crippen LogP contribution in [0, 0.1) is 0 Å². The number of hydrogen-bond acceptors (Lipinski definition) is 4. The number of unbranched alkanes of at least 4 members (excludes halogenated alkanes) is 36. The van der Waals surface area contributed by atoms with E-state index in [0.29, 0.717) is 25.7 Å². The maximum Gasteiger partial charge on any atom is -0.412 e. The van der Waals surface area contributed by atoms with E-state index in [1.165, 1.54) is 205 Å². The molecule has 0 unspecified atom stereocenters. The van der Waals surface area contributed by atoms with E-state index in [4.69, 9.17) is 20.4 Å². The predicted molar refractivity (Wildman–Crippen MR) is 332 cm³/mol. The Bertz CT molecular complexity index is 863. The van der Waals surface area contributed by atoms with Gasteiger partial charge in [-0.3, -0.25) is 19.2 Å². The van der Waals surface area contributed by atoms with Crippen molar-refractivity contribution in [3.63, 3.8) is 0 Å². The van der Waals surface area contributed by atoms with Crippen molar-refractivity contribution in [1.29, 1.82) is 0 Å². The van der Waals surface area contributed by atoms with Gasteiger partial charge in [0, 0.05) is 25.7 Å². The van der Waals surface area contributed by atoms with Gasteiger partial charge in [0.15, 0.2) is 0 Å². The molecule has 75 heavy (non-hydrogen) atoms. The van der Waals surface area contributed by atoms with Crippen LogP contribution in [0.15, 0.2) is 0 Å². The molecule has 0 aliphatic heterocycles. The van der Waals surface area contributed by atoms with Crippen LogP contribution in [0.4, 0.5) is 0 Å². The summed E-state index contributed by atoms with van der Waals surface area (Å²) in [7, 11) is 0. The van der Waals surface area contributed by atoms with E-state index in [-0.39, 0.29) is 47.8 Å². The quantitative estimate of drug-likeness (QED) is 0.0343. The third-order valence-electron chi connectivity index (χ3n) is 12.8. The van der Waals surface area contributed by atoms with Gasteiger partial charge in [-0.15, -0.1) is 0 Å². The summed E-state index contributed by atoms with van der Waals surface area (Å²) in [6.07, 6.45) is 59.2. The Balaban J connectivity index is -0.000000150. The summed E-state index contributed by atoms with van der Waals surface area (Å²) in [5.74, 6) is -2.68. The van der Waals surface area contributed by atoms with Crippen LogP contribution in [0.3, 0.4) is 0 Å². The zero-order chi connectivity index (χ0) is 56.5. The molecule has 452 valence electrons. The summed E-state index contributed by atoms with van der Waals surface area (Å²) in [5, 5.41) is 33.1. The Hall–Kier alpha value is -0.563. The summed E-state index contributed by atoms with van der Waals surface area (Å²) in [6.45, 7) is 17.8. The van der Waals surface area contributed by atoms with Gasteiger partial charge in [0.25, 0.3) is 0 Å². The average Bonchev–Trinajstić information content (AvgIpc) is 3.37. The van der Waals surface area contributed by atoms with Crippen molar-refractivity contribution < 1.29 is 45.1 Å². The molecule has 0 saturated heterocycles. The Morgan fingerprint density at radius 3 is 0.467 bits per heavy atom. The Kier molecular flexibility index (Phi) is 106. The minimum absolute atomic E-state index is 0. The van der Waals surface area contributed by atoms with Gasteiger partial charge in [-0.05, 0) is 25.7 Å². The average molecular weight is 1290 g/mol. The number of aliphatic carboxylic acids is 4. The molecule has 0 aromatic carbocycles. The van der Waals surface area contributed by atoms with Gasteiger partial charge >= 0.3 is 266 Å². The largest absolute Gasteiger partial charge is 0.412 e. The number of carboxylic acid groups (broad SMARTS) is 4. The maximum absolute atomic E-state index is 10.0. The van der Waals surface area contributed by atoms with Crippen LogP contribution in [0.5, 0.6) is 0 Å². The summed E-state index contributed by atoms with van der Waals surface area (Å²) in [5.41, 5.74) is 0. The maximum atomic E-state index is 10.0. The fourth-order valence-electron chi connectivity index (χ4n) is 7.89. The molecular formula is C64H134O9Sn2. The van der Waals surface area contributed by atoms with Crippen molar-refractivity contribution in [3.05, 3.63) is 0 Å². The standard InChI is InChI=1S/4C8H16O2.4C8H17.H2O.2Sn/c4*1-2-3-4-5-6-7-8(9)10;4*1-3-5-7-8-6-4-2;;;/h4*2-7H2,1H3,(H,9,10);4*1,3-8H2,2H3;1H2;;.